The average Bonchev–Trinajstić information content (AvgIpc) is 3.46. The minimum absolute atomic E-state index is 0.239. The van der Waals surface area contributed by atoms with Gasteiger partial charge in [-0.2, -0.15) is 0 Å². The maximum Gasteiger partial charge on any atom is 0.308 e. The number of rotatable bonds is 9. The molecule has 7 nitrogen and oxygen atoms in total. The van der Waals surface area contributed by atoms with E-state index in [1.807, 2.05) is 67.6 Å². The van der Waals surface area contributed by atoms with Crippen LogP contribution in [0.15, 0.2) is 73.3 Å². The van der Waals surface area contributed by atoms with Crippen LogP contribution < -0.4 is 0 Å². The summed E-state index contributed by atoms with van der Waals surface area (Å²) >= 11 is 1.50. The average molecular weight is 521 g/mol. The van der Waals surface area contributed by atoms with Crippen LogP contribution in [0.4, 0.5) is 0 Å². The molecule has 3 aliphatic heterocycles. The largest absolute Gasteiger partial charge is 0.481 e. The molecule has 3 heterocycles. The van der Waals surface area contributed by atoms with Crippen molar-refractivity contribution in [1.29, 1.82) is 0 Å². The maximum atomic E-state index is 14.5. The second kappa shape index (κ2) is 9.65. The van der Waals surface area contributed by atoms with E-state index in [4.69, 9.17) is 0 Å². The predicted molar refractivity (Wildman–Crippen MR) is 142 cm³/mol. The summed E-state index contributed by atoms with van der Waals surface area (Å²) in [7, 11) is 0. The lowest BCUT2D eigenvalue weighted by molar-refractivity contribution is -0.151. The lowest BCUT2D eigenvalue weighted by Crippen LogP contribution is -2.55. The third kappa shape index (κ3) is 3.97. The standard InChI is InChI=1S/C29H32N2O5S/c1-3-16-30(17-19-10-6-4-7-11-19)26(34)24-29-15-14-28(2,37-29)23(27(35)36)22(29)25(33)31(24)21(18-32)20-12-8-5-9-13-20/h3-13,21-24,32H,1,14-18H2,2H3,(H,35,36)/t21-,22+,23-,24?,28+,29?/m1/s1. The number of carboxylic acid groups (broad SMARTS) is 1. The summed E-state index contributed by atoms with van der Waals surface area (Å²) in [6, 6.07) is 17.1. The molecule has 3 saturated heterocycles. The first-order valence-electron chi connectivity index (χ1n) is 12.6. The maximum absolute atomic E-state index is 14.5. The van der Waals surface area contributed by atoms with Crippen LogP contribution in [0.2, 0.25) is 0 Å². The molecule has 0 aromatic heterocycles. The van der Waals surface area contributed by atoms with Gasteiger partial charge in [0.2, 0.25) is 11.8 Å². The Bertz CT molecular complexity index is 1210. The molecule has 3 aliphatic rings. The molecule has 1 spiro atoms. The Balaban J connectivity index is 1.62. The fraction of sp³-hybridized carbons (Fsp3) is 0.414. The number of fused-ring (bicyclic) bond motifs is 1. The normalized spacial score (nSPS) is 30.7. The van der Waals surface area contributed by atoms with E-state index in [0.717, 1.165) is 5.56 Å². The van der Waals surface area contributed by atoms with Gasteiger partial charge in [0.1, 0.15) is 6.04 Å². The van der Waals surface area contributed by atoms with Crippen molar-refractivity contribution in [3.8, 4) is 0 Å². The number of carboxylic acids is 1. The smallest absolute Gasteiger partial charge is 0.308 e. The van der Waals surface area contributed by atoms with E-state index in [9.17, 15) is 24.6 Å². The summed E-state index contributed by atoms with van der Waals surface area (Å²) in [4.78, 5) is 44.4. The fourth-order valence-corrected chi connectivity index (χ4v) is 9.08. The minimum atomic E-state index is -1.00. The third-order valence-corrected chi connectivity index (χ3v) is 10.3. The van der Waals surface area contributed by atoms with E-state index in [1.54, 1.807) is 11.0 Å². The van der Waals surface area contributed by atoms with E-state index in [2.05, 4.69) is 6.58 Å². The van der Waals surface area contributed by atoms with E-state index in [-0.39, 0.29) is 25.0 Å². The minimum Gasteiger partial charge on any atom is -0.481 e. The van der Waals surface area contributed by atoms with Crippen molar-refractivity contribution in [2.45, 2.75) is 47.9 Å². The van der Waals surface area contributed by atoms with Gasteiger partial charge < -0.3 is 20.0 Å². The van der Waals surface area contributed by atoms with Gasteiger partial charge in [-0.15, -0.1) is 18.3 Å². The van der Waals surface area contributed by atoms with Gasteiger partial charge >= 0.3 is 5.97 Å². The quantitative estimate of drug-likeness (QED) is 0.491. The fourth-order valence-electron chi connectivity index (χ4n) is 6.75. The molecule has 0 aliphatic carbocycles. The molecule has 3 fully saturated rings. The lowest BCUT2D eigenvalue weighted by atomic mass is 9.66. The first-order chi connectivity index (χ1) is 17.8. The van der Waals surface area contributed by atoms with Crippen molar-refractivity contribution in [2.24, 2.45) is 11.8 Å². The van der Waals surface area contributed by atoms with Gasteiger partial charge in [-0.05, 0) is 30.9 Å². The van der Waals surface area contributed by atoms with Crippen molar-refractivity contribution in [1.82, 2.24) is 9.80 Å². The van der Waals surface area contributed by atoms with Crippen LogP contribution in [0.5, 0.6) is 0 Å². The number of likely N-dealkylation sites (tertiary alicyclic amines) is 1. The number of carbonyl (C=O) groups is 3. The molecule has 2 aromatic rings. The molecule has 2 unspecified atom stereocenters. The third-order valence-electron chi connectivity index (χ3n) is 8.28. The van der Waals surface area contributed by atoms with Gasteiger partial charge in [0.15, 0.2) is 0 Å². The van der Waals surface area contributed by atoms with Crippen LogP contribution in [0.3, 0.4) is 0 Å². The highest BCUT2D eigenvalue weighted by Gasteiger charge is 2.78. The summed E-state index contributed by atoms with van der Waals surface area (Å²) in [5.41, 5.74) is 1.66. The van der Waals surface area contributed by atoms with Gasteiger partial charge in [-0.3, -0.25) is 14.4 Å². The van der Waals surface area contributed by atoms with Gasteiger partial charge in [-0.1, -0.05) is 66.7 Å². The van der Waals surface area contributed by atoms with Gasteiger partial charge in [-0.25, -0.2) is 0 Å². The molecule has 2 amide bonds. The number of nitrogens with zero attached hydrogens (tertiary/aromatic N) is 2. The summed E-state index contributed by atoms with van der Waals surface area (Å²) in [6.45, 7) is 6.01. The van der Waals surface area contributed by atoms with Crippen LogP contribution in [0.1, 0.15) is 36.9 Å². The molecular weight excluding hydrogens is 488 g/mol. The van der Waals surface area contributed by atoms with Crippen LogP contribution in [0.25, 0.3) is 0 Å². The molecule has 8 heteroatoms. The zero-order valence-corrected chi connectivity index (χ0v) is 21.6. The molecule has 5 rings (SSSR count). The number of aliphatic hydroxyl groups is 1. The lowest BCUT2D eigenvalue weighted by Gasteiger charge is -2.39. The molecule has 0 radical (unpaired) electrons. The Labute approximate surface area is 221 Å². The number of amides is 2. The number of hydrogen-bond acceptors (Lipinski definition) is 5. The summed E-state index contributed by atoms with van der Waals surface area (Å²) < 4.78 is -1.49. The van der Waals surface area contributed by atoms with Gasteiger partial charge in [0.05, 0.1) is 29.2 Å². The highest BCUT2D eigenvalue weighted by atomic mass is 32.2. The van der Waals surface area contributed by atoms with E-state index in [1.165, 1.54) is 16.7 Å². The topological polar surface area (TPSA) is 98.2 Å². The summed E-state index contributed by atoms with van der Waals surface area (Å²) in [5.74, 6) is -3.33. The first-order valence-corrected chi connectivity index (χ1v) is 13.4. The Morgan fingerprint density at radius 1 is 1.16 bits per heavy atom. The highest BCUT2D eigenvalue weighted by Crippen LogP contribution is 2.72. The number of thioether (sulfide) groups is 1. The molecule has 2 aromatic carbocycles. The molecule has 2 bridgehead atoms. The van der Waals surface area contributed by atoms with Crippen LogP contribution in [-0.2, 0) is 20.9 Å². The van der Waals surface area contributed by atoms with E-state index >= 15 is 0 Å². The number of aliphatic carboxylic acids is 1. The monoisotopic (exact) mass is 520 g/mol. The van der Waals surface area contributed by atoms with E-state index < -0.39 is 39.4 Å². The van der Waals surface area contributed by atoms with Crippen molar-refractivity contribution >= 4 is 29.5 Å². The summed E-state index contributed by atoms with van der Waals surface area (Å²) in [5, 5.41) is 20.8. The molecule has 0 saturated carbocycles. The van der Waals surface area contributed by atoms with Crippen LogP contribution in [-0.4, -0.2) is 66.5 Å². The zero-order chi connectivity index (χ0) is 26.4. The SMILES string of the molecule is C=CCN(Cc1ccccc1)C(=O)C1N([C@H](CO)c2ccccc2)C(=O)[C@@H]2[C@H](C(=O)O)[C@]3(C)CCC12S3. The number of aliphatic hydroxyl groups excluding tert-OH is 1. The molecule has 37 heavy (non-hydrogen) atoms. The predicted octanol–water partition coefficient (Wildman–Crippen LogP) is 3.50. The Hall–Kier alpha value is -3.10. The molecule has 194 valence electrons. The van der Waals surface area contributed by atoms with Crippen molar-refractivity contribution in [3.63, 3.8) is 0 Å². The second-order valence-electron chi connectivity index (χ2n) is 10.4. The Kier molecular flexibility index (Phi) is 6.66. The summed E-state index contributed by atoms with van der Waals surface area (Å²) in [6.07, 6.45) is 2.85. The number of benzene rings is 2. The Morgan fingerprint density at radius 2 is 1.81 bits per heavy atom. The van der Waals surface area contributed by atoms with Gasteiger partial charge in [0.25, 0.3) is 0 Å². The first kappa shape index (κ1) is 25.5. The van der Waals surface area contributed by atoms with Gasteiger partial charge in [0, 0.05) is 17.8 Å². The zero-order valence-electron chi connectivity index (χ0n) is 20.8. The van der Waals surface area contributed by atoms with Crippen molar-refractivity contribution in [3.05, 3.63) is 84.4 Å². The van der Waals surface area contributed by atoms with Crippen molar-refractivity contribution < 1.29 is 24.6 Å². The number of hydrogen-bond donors (Lipinski definition) is 2. The van der Waals surface area contributed by atoms with Crippen LogP contribution >= 0.6 is 11.8 Å². The van der Waals surface area contributed by atoms with Crippen LogP contribution in [0, 0.1) is 11.8 Å². The molecule has 2 N–H and O–H groups in total. The highest BCUT2D eigenvalue weighted by molar-refractivity contribution is 8.02. The van der Waals surface area contributed by atoms with Crippen molar-refractivity contribution in [2.75, 3.05) is 13.2 Å². The van der Waals surface area contributed by atoms with E-state index in [0.29, 0.717) is 24.9 Å². The molecular formula is C29H32N2O5S. The number of carbonyl (C=O) groups excluding carboxylic acids is 2. The Morgan fingerprint density at radius 3 is 2.41 bits per heavy atom. The molecule has 6 atom stereocenters. The second-order valence-corrected chi connectivity index (χ2v) is 12.3.